The van der Waals surface area contributed by atoms with Crippen molar-refractivity contribution in [1.29, 1.82) is 0 Å². The third kappa shape index (κ3) is 5.00. The van der Waals surface area contributed by atoms with Crippen LogP contribution in [-0.2, 0) is 9.59 Å². The molecule has 2 fully saturated rings. The van der Waals surface area contributed by atoms with E-state index in [1.165, 1.54) is 0 Å². The maximum absolute atomic E-state index is 13.4. The molecule has 0 aromatic heterocycles. The number of nitrogens with one attached hydrogen (secondary N) is 1. The number of halogens is 2. The Kier molecular flexibility index (Phi) is 7.77. The van der Waals surface area contributed by atoms with Gasteiger partial charge in [-0.05, 0) is 24.5 Å². The van der Waals surface area contributed by atoms with E-state index in [1.807, 2.05) is 54.8 Å². The van der Waals surface area contributed by atoms with E-state index in [9.17, 15) is 9.59 Å². The molecule has 2 aliphatic rings. The molecule has 1 aromatic rings. The molecule has 0 radical (unpaired) electrons. The molecular weight excluding hydrogens is 397 g/mol. The minimum atomic E-state index is -0.417. The second-order valence-electron chi connectivity index (χ2n) is 8.61. The van der Waals surface area contributed by atoms with Gasteiger partial charge in [-0.1, -0.05) is 50.6 Å². The van der Waals surface area contributed by atoms with Crippen molar-refractivity contribution in [3.63, 3.8) is 0 Å². The summed E-state index contributed by atoms with van der Waals surface area (Å²) in [7, 11) is 0. The molecule has 7 heteroatoms. The number of piperazine rings is 1. The molecule has 2 saturated heterocycles. The van der Waals surface area contributed by atoms with Gasteiger partial charge in [0, 0.05) is 43.2 Å². The summed E-state index contributed by atoms with van der Waals surface area (Å²) in [4.78, 5) is 29.9. The van der Waals surface area contributed by atoms with Crippen LogP contribution in [0.3, 0.4) is 0 Å². The molecule has 1 N–H and O–H groups in total. The summed E-state index contributed by atoms with van der Waals surface area (Å²) in [5.74, 6) is 0.143. The first-order valence-corrected chi connectivity index (χ1v) is 10.2. The molecule has 0 saturated carbocycles. The third-order valence-corrected chi connectivity index (χ3v) is 5.83. The molecule has 2 aliphatic heterocycles. The topological polar surface area (TPSA) is 52.7 Å². The van der Waals surface area contributed by atoms with E-state index in [0.29, 0.717) is 24.7 Å². The Morgan fingerprint density at radius 1 is 1.18 bits per heavy atom. The number of likely N-dealkylation sites (tertiary alicyclic amines) is 1. The molecule has 3 rings (SSSR count). The summed E-state index contributed by atoms with van der Waals surface area (Å²) >= 11 is 6.41. The van der Waals surface area contributed by atoms with Crippen molar-refractivity contribution in [3.8, 4) is 0 Å². The van der Waals surface area contributed by atoms with Gasteiger partial charge in [0.1, 0.15) is 0 Å². The number of carbonyl (C=O) groups excluding carboxylic acids is 2. The summed E-state index contributed by atoms with van der Waals surface area (Å²) < 4.78 is 0. The van der Waals surface area contributed by atoms with E-state index < -0.39 is 5.41 Å². The third-order valence-electron chi connectivity index (χ3n) is 5.49. The van der Waals surface area contributed by atoms with Gasteiger partial charge in [0.05, 0.1) is 12.0 Å². The zero-order valence-corrected chi connectivity index (χ0v) is 18.5. The van der Waals surface area contributed by atoms with Crippen LogP contribution >= 0.6 is 24.0 Å². The fourth-order valence-electron chi connectivity index (χ4n) is 4.06. The summed E-state index contributed by atoms with van der Waals surface area (Å²) in [6.07, 6.45) is 1.72. The summed E-state index contributed by atoms with van der Waals surface area (Å²) in [6.45, 7) is 9.22. The van der Waals surface area contributed by atoms with Crippen LogP contribution in [0, 0.1) is 11.3 Å². The van der Waals surface area contributed by atoms with Gasteiger partial charge in [0.25, 0.3) is 0 Å². The van der Waals surface area contributed by atoms with Crippen molar-refractivity contribution in [2.24, 2.45) is 11.3 Å². The van der Waals surface area contributed by atoms with Crippen molar-refractivity contribution in [2.75, 3.05) is 32.7 Å². The zero-order valence-electron chi connectivity index (χ0n) is 16.9. The van der Waals surface area contributed by atoms with Crippen molar-refractivity contribution in [1.82, 2.24) is 15.1 Å². The van der Waals surface area contributed by atoms with E-state index in [1.54, 1.807) is 0 Å². The quantitative estimate of drug-likeness (QED) is 0.785. The van der Waals surface area contributed by atoms with Crippen LogP contribution in [0.15, 0.2) is 24.3 Å². The van der Waals surface area contributed by atoms with Crippen LogP contribution in [-0.4, -0.2) is 54.3 Å². The minimum absolute atomic E-state index is 0. The van der Waals surface area contributed by atoms with Crippen molar-refractivity contribution in [2.45, 2.75) is 39.7 Å². The highest BCUT2D eigenvalue weighted by molar-refractivity contribution is 6.31. The van der Waals surface area contributed by atoms with Crippen LogP contribution in [0.2, 0.25) is 5.02 Å². The SMILES string of the molecule is CC(C)(C)C(=O)N1CCCC(C(=O)N2CCNCC2c2ccccc2Cl)C1.Cl. The molecule has 2 heterocycles. The lowest BCUT2D eigenvalue weighted by atomic mass is 9.90. The van der Waals surface area contributed by atoms with Crippen molar-refractivity contribution in [3.05, 3.63) is 34.9 Å². The maximum Gasteiger partial charge on any atom is 0.228 e. The van der Waals surface area contributed by atoms with E-state index in [0.717, 1.165) is 31.5 Å². The van der Waals surface area contributed by atoms with Crippen LogP contribution in [0.1, 0.15) is 45.2 Å². The number of amides is 2. The van der Waals surface area contributed by atoms with Crippen LogP contribution in [0.4, 0.5) is 0 Å². The number of hydrogen-bond acceptors (Lipinski definition) is 3. The Labute approximate surface area is 179 Å². The highest BCUT2D eigenvalue weighted by Crippen LogP contribution is 2.31. The molecule has 0 spiro atoms. The molecule has 2 amide bonds. The Bertz CT molecular complexity index is 705. The van der Waals surface area contributed by atoms with Gasteiger partial charge in [0.15, 0.2) is 0 Å². The number of carbonyl (C=O) groups is 2. The first kappa shape index (κ1) is 23.0. The molecule has 28 heavy (non-hydrogen) atoms. The summed E-state index contributed by atoms with van der Waals surface area (Å²) in [5, 5.41) is 4.07. The molecule has 1 aromatic carbocycles. The van der Waals surface area contributed by atoms with Crippen LogP contribution in [0.25, 0.3) is 0 Å². The van der Waals surface area contributed by atoms with E-state index in [4.69, 9.17) is 11.6 Å². The second kappa shape index (κ2) is 9.47. The molecule has 5 nitrogen and oxygen atoms in total. The number of rotatable bonds is 2. The highest BCUT2D eigenvalue weighted by atomic mass is 35.5. The van der Waals surface area contributed by atoms with Gasteiger partial charge in [-0.2, -0.15) is 0 Å². The second-order valence-corrected chi connectivity index (χ2v) is 9.02. The minimum Gasteiger partial charge on any atom is -0.341 e. The Morgan fingerprint density at radius 2 is 1.89 bits per heavy atom. The fourth-order valence-corrected chi connectivity index (χ4v) is 4.32. The number of benzene rings is 1. The van der Waals surface area contributed by atoms with Gasteiger partial charge in [-0.3, -0.25) is 9.59 Å². The molecule has 156 valence electrons. The lowest BCUT2D eigenvalue weighted by Crippen LogP contribution is -2.54. The highest BCUT2D eigenvalue weighted by Gasteiger charge is 2.37. The predicted octanol–water partition coefficient (Wildman–Crippen LogP) is 3.52. The van der Waals surface area contributed by atoms with Gasteiger partial charge in [-0.15, -0.1) is 12.4 Å². The maximum atomic E-state index is 13.4. The molecule has 2 unspecified atom stereocenters. The fraction of sp³-hybridized carbons (Fsp3) is 0.619. The van der Waals surface area contributed by atoms with Crippen molar-refractivity contribution >= 4 is 35.8 Å². The van der Waals surface area contributed by atoms with Crippen LogP contribution in [0.5, 0.6) is 0 Å². The number of nitrogens with zero attached hydrogens (tertiary/aromatic N) is 2. The largest absolute Gasteiger partial charge is 0.341 e. The monoisotopic (exact) mass is 427 g/mol. The lowest BCUT2D eigenvalue weighted by molar-refractivity contribution is -0.146. The standard InChI is InChI=1S/C21H30ClN3O2.ClH/c1-21(2,3)20(27)24-11-6-7-15(14-24)19(26)25-12-10-23-13-18(25)16-8-4-5-9-17(16)22;/h4-5,8-9,15,18,23H,6-7,10-14H2,1-3H3;1H. The van der Waals surface area contributed by atoms with Gasteiger partial charge in [0.2, 0.25) is 11.8 Å². The van der Waals surface area contributed by atoms with Gasteiger partial charge in [-0.25, -0.2) is 0 Å². The molecular formula is C21H31Cl2N3O2. The lowest BCUT2D eigenvalue weighted by Gasteiger charge is -2.42. The predicted molar refractivity (Wildman–Crippen MR) is 115 cm³/mol. The Hall–Kier alpha value is -1.30. The average Bonchev–Trinajstić information content (AvgIpc) is 2.66. The smallest absolute Gasteiger partial charge is 0.228 e. The average molecular weight is 428 g/mol. The first-order chi connectivity index (χ1) is 12.8. The van der Waals surface area contributed by atoms with E-state index >= 15 is 0 Å². The summed E-state index contributed by atoms with van der Waals surface area (Å²) in [5.41, 5.74) is 0.568. The van der Waals surface area contributed by atoms with E-state index in [2.05, 4.69) is 5.32 Å². The Balaban J connectivity index is 0.00000280. The number of piperidine rings is 1. The molecule has 0 aliphatic carbocycles. The zero-order chi connectivity index (χ0) is 19.6. The van der Waals surface area contributed by atoms with Crippen molar-refractivity contribution < 1.29 is 9.59 Å². The van der Waals surface area contributed by atoms with Crippen LogP contribution < -0.4 is 5.32 Å². The Morgan fingerprint density at radius 3 is 2.57 bits per heavy atom. The first-order valence-electron chi connectivity index (χ1n) is 9.84. The van der Waals surface area contributed by atoms with E-state index in [-0.39, 0.29) is 36.2 Å². The number of hydrogen-bond donors (Lipinski definition) is 1. The molecule has 2 atom stereocenters. The summed E-state index contributed by atoms with van der Waals surface area (Å²) in [6, 6.07) is 7.68. The normalized spacial score (nSPS) is 23.1. The van der Waals surface area contributed by atoms with Gasteiger partial charge >= 0.3 is 0 Å². The van der Waals surface area contributed by atoms with Gasteiger partial charge < -0.3 is 15.1 Å². The molecule has 0 bridgehead atoms.